The van der Waals surface area contributed by atoms with Gasteiger partial charge in [0.05, 0.1) is 7.11 Å². The van der Waals surface area contributed by atoms with E-state index in [2.05, 4.69) is 34.6 Å². The quantitative estimate of drug-likeness (QED) is 0.240. The molecule has 0 radical (unpaired) electrons. The number of esters is 1. The van der Waals surface area contributed by atoms with Gasteiger partial charge in [-0.1, -0.05) is 25.7 Å². The summed E-state index contributed by atoms with van der Waals surface area (Å²) < 4.78 is 12.5. The van der Waals surface area contributed by atoms with Crippen LogP contribution in [0, 0.1) is 0 Å². The topological polar surface area (TPSA) is 94.9 Å². The fourth-order valence-electron chi connectivity index (χ4n) is 3.34. The minimum absolute atomic E-state index is 0.314. The second-order valence-corrected chi connectivity index (χ2v) is 14.4. The van der Waals surface area contributed by atoms with E-state index in [1.54, 1.807) is 29.3 Å². The van der Waals surface area contributed by atoms with Gasteiger partial charge < -0.3 is 14.5 Å². The molecule has 166 valence electrons. The first-order chi connectivity index (χ1) is 15.4. The van der Waals surface area contributed by atoms with Crippen LogP contribution in [0.2, 0.25) is 25.7 Å². The van der Waals surface area contributed by atoms with Crippen LogP contribution in [0.25, 0.3) is 33.4 Å². The SMILES string of the molecule is COC(=O)c1cc(-c2nn(COCC[Si](C)(C)C)c3ncc(-c4cccnc4)cc23)c[nH]1. The number of H-pyrrole nitrogens is 1. The van der Waals surface area contributed by atoms with E-state index in [1.807, 2.05) is 24.4 Å². The molecule has 8 nitrogen and oxygen atoms in total. The average Bonchev–Trinajstić information content (AvgIpc) is 3.41. The Morgan fingerprint density at radius 1 is 1.16 bits per heavy atom. The molecular formula is C23H27N5O3Si. The zero-order chi connectivity index (χ0) is 22.7. The van der Waals surface area contributed by atoms with E-state index < -0.39 is 14.0 Å². The van der Waals surface area contributed by atoms with E-state index in [4.69, 9.17) is 14.6 Å². The highest BCUT2D eigenvalue weighted by molar-refractivity contribution is 6.76. The van der Waals surface area contributed by atoms with Gasteiger partial charge in [0.25, 0.3) is 0 Å². The Morgan fingerprint density at radius 2 is 2.00 bits per heavy atom. The van der Waals surface area contributed by atoms with E-state index in [0.29, 0.717) is 19.0 Å². The summed E-state index contributed by atoms with van der Waals surface area (Å²) in [6, 6.07) is 8.75. The maximum atomic E-state index is 11.9. The lowest BCUT2D eigenvalue weighted by Crippen LogP contribution is -2.22. The number of nitrogens with one attached hydrogen (secondary N) is 1. The first-order valence-electron chi connectivity index (χ1n) is 10.5. The Bertz CT molecular complexity index is 1230. The molecule has 1 N–H and O–H groups in total. The number of nitrogens with zero attached hydrogens (tertiary/aromatic N) is 4. The molecule has 0 aliphatic carbocycles. The van der Waals surface area contributed by atoms with Gasteiger partial charge in [-0.15, -0.1) is 0 Å². The summed E-state index contributed by atoms with van der Waals surface area (Å²) in [6.07, 6.45) is 7.12. The zero-order valence-electron chi connectivity index (χ0n) is 18.8. The molecule has 0 unspecified atom stereocenters. The number of aromatic amines is 1. The lowest BCUT2D eigenvalue weighted by molar-refractivity contribution is 0.0595. The minimum Gasteiger partial charge on any atom is -0.464 e. The van der Waals surface area contributed by atoms with Crippen molar-refractivity contribution in [3.05, 3.63) is 54.7 Å². The van der Waals surface area contributed by atoms with Crippen molar-refractivity contribution >= 4 is 25.1 Å². The van der Waals surface area contributed by atoms with Crippen LogP contribution in [-0.2, 0) is 16.2 Å². The number of hydrogen-bond acceptors (Lipinski definition) is 6. The van der Waals surface area contributed by atoms with Crippen LogP contribution >= 0.6 is 0 Å². The van der Waals surface area contributed by atoms with Crippen molar-refractivity contribution in [1.29, 1.82) is 0 Å². The Kier molecular flexibility index (Phi) is 6.20. The van der Waals surface area contributed by atoms with Crippen LogP contribution in [-0.4, -0.2) is 52.5 Å². The molecule has 0 saturated heterocycles. The highest BCUT2D eigenvalue weighted by atomic mass is 28.3. The Labute approximate surface area is 187 Å². The maximum Gasteiger partial charge on any atom is 0.354 e. The smallest absolute Gasteiger partial charge is 0.354 e. The van der Waals surface area contributed by atoms with Crippen molar-refractivity contribution in [2.24, 2.45) is 0 Å². The second-order valence-electron chi connectivity index (χ2n) is 8.83. The maximum absolute atomic E-state index is 11.9. The normalized spacial score (nSPS) is 11.8. The van der Waals surface area contributed by atoms with Crippen molar-refractivity contribution in [1.82, 2.24) is 24.7 Å². The molecule has 4 aromatic rings. The first kappa shape index (κ1) is 21.9. The largest absolute Gasteiger partial charge is 0.464 e. The third kappa shape index (κ3) is 4.79. The average molecular weight is 450 g/mol. The van der Waals surface area contributed by atoms with Crippen LogP contribution in [0.3, 0.4) is 0 Å². The number of carbonyl (C=O) groups excluding carboxylic acids is 1. The van der Waals surface area contributed by atoms with Gasteiger partial charge in [-0.3, -0.25) is 4.98 Å². The molecule has 0 saturated carbocycles. The summed E-state index contributed by atoms with van der Waals surface area (Å²) in [7, 11) is 0.179. The number of carbonyl (C=O) groups is 1. The van der Waals surface area contributed by atoms with Crippen molar-refractivity contribution in [2.45, 2.75) is 32.4 Å². The molecule has 0 aliphatic rings. The van der Waals surface area contributed by atoms with Crippen LogP contribution < -0.4 is 0 Å². The standard InChI is InChI=1S/C23H27N5O3Si/c1-30-23(29)20-11-18(14-25-20)21-19-10-17(16-6-5-7-24-12-16)13-26-22(19)28(27-21)15-31-8-9-32(2,3)4/h5-7,10-14,25H,8-9,15H2,1-4H3. The molecule has 0 aromatic carbocycles. The zero-order valence-corrected chi connectivity index (χ0v) is 19.8. The van der Waals surface area contributed by atoms with Crippen LogP contribution in [0.15, 0.2) is 49.1 Å². The van der Waals surface area contributed by atoms with Crippen molar-refractivity contribution in [3.63, 3.8) is 0 Å². The van der Waals surface area contributed by atoms with Crippen molar-refractivity contribution in [3.8, 4) is 22.4 Å². The molecule has 9 heteroatoms. The number of pyridine rings is 2. The van der Waals surface area contributed by atoms with E-state index >= 15 is 0 Å². The lowest BCUT2D eigenvalue weighted by Gasteiger charge is -2.15. The molecule has 32 heavy (non-hydrogen) atoms. The highest BCUT2D eigenvalue weighted by Gasteiger charge is 2.18. The van der Waals surface area contributed by atoms with Crippen molar-refractivity contribution in [2.75, 3.05) is 13.7 Å². The lowest BCUT2D eigenvalue weighted by atomic mass is 10.1. The van der Waals surface area contributed by atoms with E-state index in [1.165, 1.54) is 7.11 Å². The van der Waals surface area contributed by atoms with Gasteiger partial charge in [0, 0.05) is 61.5 Å². The molecule has 0 bridgehead atoms. The fraction of sp³-hybridized carbons (Fsp3) is 0.304. The Hall–Kier alpha value is -3.30. The number of hydrogen-bond donors (Lipinski definition) is 1. The summed E-state index contributed by atoms with van der Waals surface area (Å²) >= 11 is 0. The second kappa shape index (κ2) is 9.05. The summed E-state index contributed by atoms with van der Waals surface area (Å²) in [5, 5.41) is 5.65. The fourth-order valence-corrected chi connectivity index (χ4v) is 4.10. The molecule has 4 rings (SSSR count). The summed E-state index contributed by atoms with van der Waals surface area (Å²) in [5.41, 5.74) is 4.50. The van der Waals surface area contributed by atoms with Gasteiger partial charge in [0.2, 0.25) is 0 Å². The first-order valence-corrected chi connectivity index (χ1v) is 14.2. The number of methoxy groups -OCH3 is 1. The van der Waals surface area contributed by atoms with Gasteiger partial charge in [-0.2, -0.15) is 5.10 Å². The molecule has 4 heterocycles. The van der Waals surface area contributed by atoms with Crippen LogP contribution in [0.1, 0.15) is 10.5 Å². The summed E-state index contributed by atoms with van der Waals surface area (Å²) in [5.74, 6) is -0.427. The van der Waals surface area contributed by atoms with Crippen LogP contribution in [0.4, 0.5) is 0 Å². The van der Waals surface area contributed by atoms with Gasteiger partial charge in [0.1, 0.15) is 18.1 Å². The molecule has 0 aliphatic heterocycles. The van der Waals surface area contributed by atoms with Gasteiger partial charge in [-0.25, -0.2) is 14.5 Å². The van der Waals surface area contributed by atoms with E-state index in [-0.39, 0.29) is 0 Å². The van der Waals surface area contributed by atoms with E-state index in [9.17, 15) is 4.79 Å². The third-order valence-corrected chi connectivity index (χ3v) is 6.86. The molecule has 0 atom stereocenters. The monoisotopic (exact) mass is 449 g/mol. The molecule has 0 fully saturated rings. The minimum atomic E-state index is -1.18. The number of ether oxygens (including phenoxy) is 2. The van der Waals surface area contributed by atoms with Gasteiger partial charge >= 0.3 is 5.97 Å². The molecule has 0 amide bonds. The van der Waals surface area contributed by atoms with Gasteiger partial charge in [-0.05, 0) is 24.2 Å². The van der Waals surface area contributed by atoms with Crippen molar-refractivity contribution < 1.29 is 14.3 Å². The summed E-state index contributed by atoms with van der Waals surface area (Å²) in [4.78, 5) is 23.8. The number of aromatic nitrogens is 5. The molecule has 4 aromatic heterocycles. The predicted molar refractivity (Wildman–Crippen MR) is 126 cm³/mol. The molecule has 0 spiro atoms. The number of fused-ring (bicyclic) bond motifs is 1. The third-order valence-electron chi connectivity index (χ3n) is 5.15. The van der Waals surface area contributed by atoms with Gasteiger partial charge in [0.15, 0.2) is 5.65 Å². The Morgan fingerprint density at radius 3 is 2.72 bits per heavy atom. The predicted octanol–water partition coefficient (Wildman–Crippen LogP) is 4.59. The van der Waals surface area contributed by atoms with E-state index in [0.717, 1.165) is 39.5 Å². The number of rotatable bonds is 8. The Balaban J connectivity index is 1.72. The highest BCUT2D eigenvalue weighted by Crippen LogP contribution is 2.31. The van der Waals surface area contributed by atoms with Crippen LogP contribution in [0.5, 0.6) is 0 Å². The summed E-state index contributed by atoms with van der Waals surface area (Å²) in [6.45, 7) is 7.98. The molecular weight excluding hydrogens is 422 g/mol.